The highest BCUT2D eigenvalue weighted by atomic mass is 35.5. The smallest absolute Gasteiger partial charge is 0.227 e. The Balaban J connectivity index is 1.48. The number of nitrogens with zero attached hydrogens (tertiary/aromatic N) is 3. The van der Waals surface area contributed by atoms with Crippen LogP contribution in [0.2, 0.25) is 5.02 Å². The number of rotatable bonds is 6. The predicted molar refractivity (Wildman–Crippen MR) is 114 cm³/mol. The van der Waals surface area contributed by atoms with Crippen molar-refractivity contribution in [2.75, 3.05) is 26.1 Å². The summed E-state index contributed by atoms with van der Waals surface area (Å²) in [6, 6.07) is 13.6. The van der Waals surface area contributed by atoms with Gasteiger partial charge in [0.1, 0.15) is 11.5 Å². The first-order valence-corrected chi connectivity index (χ1v) is 9.83. The van der Waals surface area contributed by atoms with Gasteiger partial charge < -0.3 is 14.8 Å². The Morgan fingerprint density at radius 3 is 2.83 bits per heavy atom. The summed E-state index contributed by atoms with van der Waals surface area (Å²) < 4.78 is 10.7. The maximum atomic E-state index is 6.11. The van der Waals surface area contributed by atoms with Gasteiger partial charge >= 0.3 is 0 Å². The van der Waals surface area contributed by atoms with Crippen LogP contribution < -0.4 is 14.8 Å². The molecule has 0 unspecified atom stereocenters. The largest absolute Gasteiger partial charge is 0.497 e. The van der Waals surface area contributed by atoms with Gasteiger partial charge in [0, 0.05) is 48.9 Å². The quantitative estimate of drug-likeness (QED) is 0.647. The zero-order valence-corrected chi connectivity index (χ0v) is 17.2. The van der Waals surface area contributed by atoms with Crippen LogP contribution in [0.1, 0.15) is 16.8 Å². The molecule has 0 radical (unpaired) electrons. The molecule has 1 aliphatic heterocycles. The van der Waals surface area contributed by atoms with Crippen LogP contribution in [0.5, 0.6) is 11.5 Å². The summed E-state index contributed by atoms with van der Waals surface area (Å²) in [7, 11) is 3.27. The minimum atomic E-state index is 0.554. The van der Waals surface area contributed by atoms with Gasteiger partial charge in [0.2, 0.25) is 5.95 Å². The van der Waals surface area contributed by atoms with Gasteiger partial charge in [-0.1, -0.05) is 23.7 Å². The summed E-state index contributed by atoms with van der Waals surface area (Å²) in [5, 5.41) is 4.02. The lowest BCUT2D eigenvalue weighted by Crippen LogP contribution is -2.31. The molecule has 0 spiro atoms. The van der Waals surface area contributed by atoms with Crippen LogP contribution >= 0.6 is 11.6 Å². The van der Waals surface area contributed by atoms with Gasteiger partial charge in [-0.25, -0.2) is 9.97 Å². The molecule has 0 fully saturated rings. The lowest BCUT2D eigenvalue weighted by molar-refractivity contribution is 0.243. The summed E-state index contributed by atoms with van der Waals surface area (Å²) in [6.45, 7) is 2.63. The maximum absolute atomic E-state index is 6.11. The van der Waals surface area contributed by atoms with Crippen LogP contribution in [0, 0.1) is 0 Å². The van der Waals surface area contributed by atoms with E-state index in [0.29, 0.717) is 11.7 Å². The summed E-state index contributed by atoms with van der Waals surface area (Å²) in [6.07, 6.45) is 2.78. The molecule has 2 aromatic carbocycles. The number of nitrogens with one attached hydrogen (secondary N) is 1. The van der Waals surface area contributed by atoms with E-state index in [4.69, 9.17) is 26.1 Å². The fourth-order valence-electron chi connectivity index (χ4n) is 3.50. The number of hydrogen-bond acceptors (Lipinski definition) is 6. The molecule has 0 aliphatic carbocycles. The highest BCUT2D eigenvalue weighted by Gasteiger charge is 2.19. The molecule has 3 aromatic rings. The van der Waals surface area contributed by atoms with Crippen molar-refractivity contribution < 1.29 is 9.47 Å². The van der Waals surface area contributed by atoms with Crippen molar-refractivity contribution in [3.05, 3.63) is 70.5 Å². The maximum Gasteiger partial charge on any atom is 0.227 e. The van der Waals surface area contributed by atoms with Crippen LogP contribution in [0.4, 0.5) is 11.6 Å². The van der Waals surface area contributed by atoms with Crippen LogP contribution in [-0.2, 0) is 19.5 Å². The Labute approximate surface area is 175 Å². The van der Waals surface area contributed by atoms with E-state index in [9.17, 15) is 0 Å². The Morgan fingerprint density at radius 2 is 2.03 bits per heavy atom. The summed E-state index contributed by atoms with van der Waals surface area (Å²) in [4.78, 5) is 11.6. The van der Waals surface area contributed by atoms with Crippen LogP contribution in [-0.4, -0.2) is 35.6 Å². The lowest BCUT2D eigenvalue weighted by atomic mass is 10.1. The highest BCUT2D eigenvalue weighted by molar-refractivity contribution is 6.30. The number of fused-ring (bicyclic) bond motifs is 1. The van der Waals surface area contributed by atoms with E-state index in [1.165, 1.54) is 5.56 Å². The van der Waals surface area contributed by atoms with Crippen molar-refractivity contribution in [3.8, 4) is 11.5 Å². The normalized spacial score (nSPS) is 13.6. The molecule has 2 heterocycles. The van der Waals surface area contributed by atoms with Crippen molar-refractivity contribution in [1.82, 2.24) is 14.9 Å². The molecular weight excluding hydrogens is 388 g/mol. The van der Waals surface area contributed by atoms with Gasteiger partial charge in [-0.05, 0) is 29.8 Å². The van der Waals surface area contributed by atoms with Crippen LogP contribution in [0.25, 0.3) is 0 Å². The average Bonchev–Trinajstić information content (AvgIpc) is 2.74. The van der Waals surface area contributed by atoms with Gasteiger partial charge in [-0.2, -0.15) is 0 Å². The van der Waals surface area contributed by atoms with Crippen molar-refractivity contribution in [2.24, 2.45) is 0 Å². The minimum absolute atomic E-state index is 0.554. The standard InChI is InChI=1S/C22H23ClN4O2/c1-28-18-6-7-21(29-2)20(11-18)26-22-24-12-16-14-27(9-8-19(16)25-22)13-15-4-3-5-17(23)10-15/h3-7,10-12H,8-9,13-14H2,1-2H3,(H,24,25,26). The number of halogens is 1. The van der Waals surface area contributed by atoms with E-state index in [2.05, 4.69) is 21.3 Å². The number of ether oxygens (including phenoxy) is 2. The van der Waals surface area contributed by atoms with E-state index in [0.717, 1.165) is 53.8 Å². The molecule has 0 bridgehead atoms. The molecule has 0 amide bonds. The fourth-order valence-corrected chi connectivity index (χ4v) is 3.71. The molecule has 0 atom stereocenters. The Morgan fingerprint density at radius 1 is 1.14 bits per heavy atom. The number of aromatic nitrogens is 2. The van der Waals surface area contributed by atoms with Crippen molar-refractivity contribution >= 4 is 23.2 Å². The Kier molecular flexibility index (Phi) is 5.83. The second-order valence-electron chi connectivity index (χ2n) is 6.95. The van der Waals surface area contributed by atoms with Crippen LogP contribution in [0.3, 0.4) is 0 Å². The minimum Gasteiger partial charge on any atom is -0.497 e. The SMILES string of the molecule is COc1ccc(OC)c(Nc2ncc3c(n2)CCN(Cc2cccc(Cl)c2)C3)c1. The van der Waals surface area contributed by atoms with Crippen LogP contribution in [0.15, 0.2) is 48.7 Å². The Hall–Kier alpha value is -2.83. The third-order valence-corrected chi connectivity index (χ3v) is 5.20. The van der Waals surface area contributed by atoms with E-state index < -0.39 is 0 Å². The zero-order chi connectivity index (χ0) is 20.2. The summed E-state index contributed by atoms with van der Waals surface area (Å²) in [5.74, 6) is 2.00. The van der Waals surface area contributed by atoms with E-state index in [1.54, 1.807) is 14.2 Å². The molecule has 1 aromatic heterocycles. The third kappa shape index (κ3) is 4.60. The van der Waals surface area contributed by atoms with Crippen molar-refractivity contribution in [2.45, 2.75) is 19.5 Å². The number of benzene rings is 2. The molecule has 7 heteroatoms. The second-order valence-corrected chi connectivity index (χ2v) is 7.38. The summed E-state index contributed by atoms with van der Waals surface area (Å²) >= 11 is 6.11. The number of methoxy groups -OCH3 is 2. The summed E-state index contributed by atoms with van der Waals surface area (Å²) in [5.41, 5.74) is 4.21. The highest BCUT2D eigenvalue weighted by Crippen LogP contribution is 2.31. The van der Waals surface area contributed by atoms with Gasteiger partial charge in [-0.3, -0.25) is 4.90 Å². The van der Waals surface area contributed by atoms with Crippen molar-refractivity contribution in [3.63, 3.8) is 0 Å². The van der Waals surface area contributed by atoms with Gasteiger partial charge in [0.15, 0.2) is 0 Å². The first-order valence-electron chi connectivity index (χ1n) is 9.45. The molecule has 4 rings (SSSR count). The van der Waals surface area contributed by atoms with Gasteiger partial charge in [0.05, 0.1) is 25.6 Å². The van der Waals surface area contributed by atoms with E-state index >= 15 is 0 Å². The van der Waals surface area contributed by atoms with E-state index in [1.807, 2.05) is 42.6 Å². The average molecular weight is 411 g/mol. The van der Waals surface area contributed by atoms with Gasteiger partial charge in [-0.15, -0.1) is 0 Å². The topological polar surface area (TPSA) is 59.5 Å². The fraction of sp³-hybridized carbons (Fsp3) is 0.273. The molecule has 0 saturated carbocycles. The Bertz CT molecular complexity index is 1010. The first-order chi connectivity index (χ1) is 14.1. The van der Waals surface area contributed by atoms with E-state index in [-0.39, 0.29) is 0 Å². The molecule has 150 valence electrons. The lowest BCUT2D eigenvalue weighted by Gasteiger charge is -2.28. The molecule has 1 N–H and O–H groups in total. The van der Waals surface area contributed by atoms with Gasteiger partial charge in [0.25, 0.3) is 0 Å². The molecule has 0 saturated heterocycles. The van der Waals surface area contributed by atoms with Crippen molar-refractivity contribution in [1.29, 1.82) is 0 Å². The number of anilines is 2. The first kappa shape index (κ1) is 19.5. The molecular formula is C22H23ClN4O2. The zero-order valence-electron chi connectivity index (χ0n) is 16.5. The number of hydrogen-bond donors (Lipinski definition) is 1. The molecule has 1 aliphatic rings. The monoisotopic (exact) mass is 410 g/mol. The predicted octanol–water partition coefficient (Wildman–Crippen LogP) is 4.45. The molecule has 29 heavy (non-hydrogen) atoms. The third-order valence-electron chi connectivity index (χ3n) is 4.96. The second kappa shape index (κ2) is 8.68. The molecule has 6 nitrogen and oxygen atoms in total.